The first-order valence-corrected chi connectivity index (χ1v) is 10.5. The van der Waals surface area contributed by atoms with E-state index in [1.807, 2.05) is 23.9 Å². The van der Waals surface area contributed by atoms with Crippen LogP contribution in [0.3, 0.4) is 0 Å². The fourth-order valence-electron chi connectivity index (χ4n) is 2.40. The first kappa shape index (κ1) is 21.3. The van der Waals surface area contributed by atoms with Crippen molar-refractivity contribution in [2.45, 2.75) is 69.8 Å². The van der Waals surface area contributed by atoms with Gasteiger partial charge in [0.25, 0.3) is 0 Å². The molecule has 0 aromatic heterocycles. The van der Waals surface area contributed by atoms with Crippen LogP contribution in [0.4, 0.5) is 0 Å². The quantitative estimate of drug-likeness (QED) is 0.348. The van der Waals surface area contributed by atoms with Crippen LogP contribution >= 0.6 is 11.8 Å². The van der Waals surface area contributed by atoms with Crippen LogP contribution in [0.1, 0.15) is 58.8 Å². The molecule has 0 bridgehead atoms. The average Bonchev–Trinajstić information content (AvgIpc) is 2.61. The Balaban J connectivity index is 2.03. The Kier molecular flexibility index (Phi) is 13.0. The second kappa shape index (κ2) is 14.6. The Morgan fingerprint density at radius 3 is 2.42 bits per heavy atom. The summed E-state index contributed by atoms with van der Waals surface area (Å²) < 4.78 is 5.65. The van der Waals surface area contributed by atoms with E-state index in [0.29, 0.717) is 13.2 Å². The number of ether oxygens (including phenoxy) is 1. The van der Waals surface area contributed by atoms with E-state index in [0.717, 1.165) is 18.0 Å². The van der Waals surface area contributed by atoms with Crippen molar-refractivity contribution in [3.63, 3.8) is 0 Å². The third-order valence-electron chi connectivity index (χ3n) is 3.83. The van der Waals surface area contributed by atoms with E-state index in [1.54, 1.807) is 0 Å². The maximum atomic E-state index is 9.96. The number of rotatable bonds is 15. The van der Waals surface area contributed by atoms with Crippen LogP contribution in [0.2, 0.25) is 0 Å². The first-order valence-electron chi connectivity index (χ1n) is 9.50. The van der Waals surface area contributed by atoms with Crippen LogP contribution in [-0.2, 0) is 0 Å². The lowest BCUT2D eigenvalue weighted by Gasteiger charge is -2.13. The summed E-state index contributed by atoms with van der Waals surface area (Å²) in [5, 5.41) is 13.3. The lowest BCUT2D eigenvalue weighted by Crippen LogP contribution is -2.32. The lowest BCUT2D eigenvalue weighted by atomic mass is 10.1. The smallest absolute Gasteiger partial charge is 0.119 e. The molecule has 24 heavy (non-hydrogen) atoms. The van der Waals surface area contributed by atoms with Gasteiger partial charge in [0.2, 0.25) is 0 Å². The molecule has 0 fully saturated rings. The number of benzene rings is 1. The molecule has 1 aromatic rings. The summed E-state index contributed by atoms with van der Waals surface area (Å²) in [6.45, 7) is 6.34. The highest BCUT2D eigenvalue weighted by molar-refractivity contribution is 7.99. The van der Waals surface area contributed by atoms with Crippen molar-refractivity contribution in [1.29, 1.82) is 0 Å². The molecular weight excluding hydrogens is 318 g/mol. The molecule has 0 radical (unpaired) electrons. The molecule has 0 heterocycles. The Bertz CT molecular complexity index is 397. The van der Waals surface area contributed by atoms with Gasteiger partial charge in [0.05, 0.1) is 0 Å². The fourth-order valence-corrected chi connectivity index (χ4v) is 3.17. The molecule has 138 valence electrons. The number of hydrogen-bond donors (Lipinski definition) is 2. The number of unbranched alkanes of at least 4 members (excludes halogenated alkanes) is 5. The summed E-state index contributed by atoms with van der Waals surface area (Å²) >= 11 is 1.86. The standard InChI is InChI=1S/C20H35NO2S/c1-3-5-6-7-8-9-14-21-16-18(22)17-23-19-10-12-20(13-11-19)24-15-4-2/h10-13,18,21-22H,3-9,14-17H2,1-2H3. The van der Waals surface area contributed by atoms with Crippen molar-refractivity contribution >= 4 is 11.8 Å². The number of nitrogens with one attached hydrogen (secondary N) is 1. The maximum absolute atomic E-state index is 9.96. The summed E-state index contributed by atoms with van der Waals surface area (Å²) in [6.07, 6.45) is 8.51. The molecule has 1 rings (SSSR count). The summed E-state index contributed by atoms with van der Waals surface area (Å²) in [6, 6.07) is 8.13. The van der Waals surface area contributed by atoms with Crippen molar-refractivity contribution in [1.82, 2.24) is 5.32 Å². The SMILES string of the molecule is CCCCCCCCNCC(O)COc1ccc(SCCC)cc1. The van der Waals surface area contributed by atoms with E-state index in [1.165, 1.54) is 49.8 Å². The minimum atomic E-state index is -0.459. The monoisotopic (exact) mass is 353 g/mol. The minimum absolute atomic E-state index is 0.338. The average molecular weight is 354 g/mol. The molecule has 0 amide bonds. The predicted molar refractivity (Wildman–Crippen MR) is 105 cm³/mol. The van der Waals surface area contributed by atoms with Gasteiger partial charge < -0.3 is 15.2 Å². The Hall–Kier alpha value is -0.710. The fraction of sp³-hybridized carbons (Fsp3) is 0.700. The van der Waals surface area contributed by atoms with E-state index >= 15 is 0 Å². The number of aliphatic hydroxyl groups is 1. The molecule has 2 N–H and O–H groups in total. The highest BCUT2D eigenvalue weighted by Gasteiger charge is 2.05. The van der Waals surface area contributed by atoms with Gasteiger partial charge >= 0.3 is 0 Å². The van der Waals surface area contributed by atoms with Crippen LogP contribution in [0.15, 0.2) is 29.2 Å². The first-order chi connectivity index (χ1) is 11.8. The third-order valence-corrected chi connectivity index (χ3v) is 5.04. The van der Waals surface area contributed by atoms with Gasteiger partial charge in [0.15, 0.2) is 0 Å². The van der Waals surface area contributed by atoms with Gasteiger partial charge in [-0.2, -0.15) is 0 Å². The van der Waals surface area contributed by atoms with Gasteiger partial charge in [0.1, 0.15) is 18.5 Å². The van der Waals surface area contributed by atoms with Gasteiger partial charge in [-0.25, -0.2) is 0 Å². The largest absolute Gasteiger partial charge is 0.491 e. The topological polar surface area (TPSA) is 41.5 Å². The molecule has 0 aliphatic heterocycles. The summed E-state index contributed by atoms with van der Waals surface area (Å²) in [4.78, 5) is 1.27. The van der Waals surface area contributed by atoms with Gasteiger partial charge in [-0.05, 0) is 49.4 Å². The van der Waals surface area contributed by atoms with Crippen molar-refractivity contribution in [2.24, 2.45) is 0 Å². The molecule has 3 nitrogen and oxygen atoms in total. The second-order valence-corrected chi connectivity index (χ2v) is 7.42. The minimum Gasteiger partial charge on any atom is -0.491 e. The highest BCUT2D eigenvalue weighted by Crippen LogP contribution is 2.21. The van der Waals surface area contributed by atoms with Crippen LogP contribution in [0.5, 0.6) is 5.75 Å². The number of thioether (sulfide) groups is 1. The molecule has 0 aliphatic carbocycles. The van der Waals surface area contributed by atoms with Crippen molar-refractivity contribution in [3.8, 4) is 5.75 Å². The third kappa shape index (κ3) is 11.0. The zero-order valence-electron chi connectivity index (χ0n) is 15.4. The zero-order valence-corrected chi connectivity index (χ0v) is 16.2. The van der Waals surface area contributed by atoms with Crippen molar-refractivity contribution < 1.29 is 9.84 Å². The Morgan fingerprint density at radius 2 is 1.71 bits per heavy atom. The molecule has 4 heteroatoms. The normalized spacial score (nSPS) is 12.3. The van der Waals surface area contributed by atoms with Gasteiger partial charge in [-0.15, -0.1) is 11.8 Å². The molecule has 1 atom stereocenters. The van der Waals surface area contributed by atoms with Crippen molar-refractivity contribution in [2.75, 3.05) is 25.4 Å². The number of hydrogen-bond acceptors (Lipinski definition) is 4. The van der Waals surface area contributed by atoms with Crippen LogP contribution in [0.25, 0.3) is 0 Å². The molecular formula is C20H35NO2S. The predicted octanol–water partition coefficient (Wildman–Crippen LogP) is 4.88. The second-order valence-electron chi connectivity index (χ2n) is 6.26. The zero-order chi connectivity index (χ0) is 17.5. The van der Waals surface area contributed by atoms with E-state index < -0.39 is 6.10 Å². The van der Waals surface area contributed by atoms with Gasteiger partial charge in [-0.3, -0.25) is 0 Å². The lowest BCUT2D eigenvalue weighted by molar-refractivity contribution is 0.106. The maximum Gasteiger partial charge on any atom is 0.119 e. The molecule has 0 aliphatic rings. The summed E-state index contributed by atoms with van der Waals surface area (Å²) in [5.41, 5.74) is 0. The van der Waals surface area contributed by atoms with Gasteiger partial charge in [-0.1, -0.05) is 46.0 Å². The van der Waals surface area contributed by atoms with Crippen LogP contribution in [0, 0.1) is 0 Å². The molecule has 0 saturated heterocycles. The number of aliphatic hydroxyl groups excluding tert-OH is 1. The highest BCUT2D eigenvalue weighted by atomic mass is 32.2. The van der Waals surface area contributed by atoms with E-state index in [2.05, 4.69) is 31.3 Å². The molecule has 0 spiro atoms. The van der Waals surface area contributed by atoms with E-state index in [-0.39, 0.29) is 0 Å². The van der Waals surface area contributed by atoms with Crippen molar-refractivity contribution in [3.05, 3.63) is 24.3 Å². The van der Waals surface area contributed by atoms with E-state index in [4.69, 9.17) is 4.74 Å². The molecule has 1 unspecified atom stereocenters. The molecule has 0 saturated carbocycles. The Labute approximate surface area is 152 Å². The van der Waals surface area contributed by atoms with E-state index in [9.17, 15) is 5.11 Å². The van der Waals surface area contributed by atoms with Gasteiger partial charge in [0, 0.05) is 11.4 Å². The molecule has 1 aromatic carbocycles. The Morgan fingerprint density at radius 1 is 1.00 bits per heavy atom. The summed E-state index contributed by atoms with van der Waals surface area (Å²) in [7, 11) is 0. The van der Waals surface area contributed by atoms with Crippen LogP contribution in [-0.4, -0.2) is 36.7 Å². The van der Waals surface area contributed by atoms with Crippen LogP contribution < -0.4 is 10.1 Å². The summed E-state index contributed by atoms with van der Waals surface area (Å²) in [5.74, 6) is 1.97.